The number of benzene rings is 1. The lowest BCUT2D eigenvalue weighted by Gasteiger charge is -2.34. The molecule has 0 aliphatic heterocycles. The summed E-state index contributed by atoms with van der Waals surface area (Å²) in [6.45, 7) is 7.71. The zero-order chi connectivity index (χ0) is 13.0. The number of nitrogens with zero attached hydrogens (tertiary/aromatic N) is 1. The Hall–Kier alpha value is -0.450. The Kier molecular flexibility index (Phi) is 5.56. The van der Waals surface area contributed by atoms with Crippen molar-refractivity contribution >= 4 is 15.9 Å². The molecule has 0 bridgehead atoms. The molecule has 0 saturated carbocycles. The van der Waals surface area contributed by atoms with Crippen molar-refractivity contribution < 1.29 is 4.39 Å². The Balaban J connectivity index is 3.11. The van der Waals surface area contributed by atoms with Gasteiger partial charge in [-0.1, -0.05) is 22.9 Å². The van der Waals surface area contributed by atoms with Gasteiger partial charge in [-0.15, -0.1) is 0 Å². The van der Waals surface area contributed by atoms with Crippen LogP contribution in [0.25, 0.3) is 0 Å². The monoisotopic (exact) mass is 302 g/mol. The second-order valence-electron chi connectivity index (χ2n) is 4.34. The molecule has 0 aromatic heterocycles. The second kappa shape index (κ2) is 6.47. The highest BCUT2D eigenvalue weighted by atomic mass is 79.9. The lowest BCUT2D eigenvalue weighted by atomic mass is 10.0. The van der Waals surface area contributed by atoms with Gasteiger partial charge in [-0.3, -0.25) is 4.90 Å². The smallest absolute Gasteiger partial charge is 0.123 e. The number of nitrogens with two attached hydrogens (primary N) is 1. The van der Waals surface area contributed by atoms with E-state index in [2.05, 4.69) is 41.6 Å². The summed E-state index contributed by atoms with van der Waals surface area (Å²) >= 11 is 3.47. The van der Waals surface area contributed by atoms with Gasteiger partial charge in [0.15, 0.2) is 0 Å². The molecule has 0 radical (unpaired) electrons. The summed E-state index contributed by atoms with van der Waals surface area (Å²) in [5.74, 6) is -0.221. The minimum Gasteiger partial charge on any atom is -0.329 e. The topological polar surface area (TPSA) is 29.3 Å². The van der Waals surface area contributed by atoms with Crippen LogP contribution in [0.4, 0.5) is 4.39 Å². The average Bonchev–Trinajstić information content (AvgIpc) is 2.28. The van der Waals surface area contributed by atoms with Crippen LogP contribution >= 0.6 is 15.9 Å². The molecule has 1 unspecified atom stereocenters. The molecule has 2 N–H and O–H groups in total. The first-order chi connectivity index (χ1) is 8.01. The van der Waals surface area contributed by atoms with E-state index < -0.39 is 0 Å². The Bertz CT molecular complexity index is 368. The van der Waals surface area contributed by atoms with Crippen molar-refractivity contribution in [2.75, 3.05) is 13.1 Å². The van der Waals surface area contributed by atoms with Gasteiger partial charge < -0.3 is 5.73 Å². The van der Waals surface area contributed by atoms with E-state index >= 15 is 0 Å². The molecule has 0 aliphatic rings. The van der Waals surface area contributed by atoms with Crippen molar-refractivity contribution in [3.05, 3.63) is 34.1 Å². The lowest BCUT2D eigenvalue weighted by molar-refractivity contribution is 0.166. The summed E-state index contributed by atoms with van der Waals surface area (Å²) < 4.78 is 14.2. The first-order valence-electron chi connectivity index (χ1n) is 5.92. The van der Waals surface area contributed by atoms with Gasteiger partial charge in [0.1, 0.15) is 5.82 Å². The van der Waals surface area contributed by atoms with Crippen molar-refractivity contribution in [1.82, 2.24) is 4.90 Å². The zero-order valence-corrected chi connectivity index (χ0v) is 12.2. The molecule has 1 aromatic carbocycles. The largest absolute Gasteiger partial charge is 0.329 e. The Morgan fingerprint density at radius 1 is 1.41 bits per heavy atom. The van der Waals surface area contributed by atoms with Gasteiger partial charge in [-0.2, -0.15) is 0 Å². The normalized spacial score (nSPS) is 13.4. The molecule has 1 atom stereocenters. The molecule has 1 aromatic rings. The van der Waals surface area contributed by atoms with E-state index in [0.29, 0.717) is 12.6 Å². The summed E-state index contributed by atoms with van der Waals surface area (Å²) in [5, 5.41) is 0. The SMILES string of the molecule is CCN(C(C)C)C(CN)c1cc(F)ccc1Br. The minimum absolute atomic E-state index is 0.0464. The van der Waals surface area contributed by atoms with Gasteiger partial charge in [-0.05, 0) is 44.2 Å². The molecular formula is C13H20BrFN2. The van der Waals surface area contributed by atoms with Crippen LogP contribution in [0.5, 0.6) is 0 Å². The van der Waals surface area contributed by atoms with Crippen molar-refractivity contribution in [1.29, 1.82) is 0 Å². The van der Waals surface area contributed by atoms with Crippen molar-refractivity contribution in [2.24, 2.45) is 5.73 Å². The van der Waals surface area contributed by atoms with Crippen LogP contribution < -0.4 is 5.73 Å². The molecule has 0 fully saturated rings. The zero-order valence-electron chi connectivity index (χ0n) is 10.6. The highest BCUT2D eigenvalue weighted by molar-refractivity contribution is 9.10. The fraction of sp³-hybridized carbons (Fsp3) is 0.538. The average molecular weight is 303 g/mol. The number of rotatable bonds is 5. The molecule has 0 spiro atoms. The first-order valence-corrected chi connectivity index (χ1v) is 6.71. The number of hydrogen-bond donors (Lipinski definition) is 1. The first kappa shape index (κ1) is 14.6. The summed E-state index contributed by atoms with van der Waals surface area (Å²) in [6.07, 6.45) is 0. The predicted octanol–water partition coefficient (Wildman–Crippen LogP) is 3.32. The molecule has 0 amide bonds. The van der Waals surface area contributed by atoms with Gasteiger partial charge >= 0.3 is 0 Å². The number of likely N-dealkylation sites (N-methyl/N-ethyl adjacent to an activating group) is 1. The third-order valence-electron chi connectivity index (χ3n) is 2.97. The highest BCUT2D eigenvalue weighted by Gasteiger charge is 2.22. The van der Waals surface area contributed by atoms with Gasteiger partial charge in [0, 0.05) is 23.1 Å². The van der Waals surface area contributed by atoms with Gasteiger partial charge in [0.25, 0.3) is 0 Å². The second-order valence-corrected chi connectivity index (χ2v) is 5.20. The fourth-order valence-corrected chi connectivity index (χ4v) is 2.67. The summed E-state index contributed by atoms with van der Waals surface area (Å²) in [6, 6.07) is 5.18. The van der Waals surface area contributed by atoms with Crippen LogP contribution in [0.3, 0.4) is 0 Å². The standard InChI is InChI=1S/C13H20BrFN2/c1-4-17(9(2)3)13(8-16)11-7-10(15)5-6-12(11)14/h5-7,9,13H,4,8,16H2,1-3H3. The Morgan fingerprint density at radius 2 is 2.06 bits per heavy atom. The Labute approximate surface area is 111 Å². The molecule has 4 heteroatoms. The Morgan fingerprint density at radius 3 is 2.53 bits per heavy atom. The molecule has 0 heterocycles. The van der Waals surface area contributed by atoms with E-state index in [1.807, 2.05) is 0 Å². The van der Waals surface area contributed by atoms with Gasteiger partial charge in [0.2, 0.25) is 0 Å². The quantitative estimate of drug-likeness (QED) is 0.904. The molecule has 1 rings (SSSR count). The minimum atomic E-state index is -0.221. The molecular weight excluding hydrogens is 283 g/mol. The maximum absolute atomic E-state index is 13.3. The third-order valence-corrected chi connectivity index (χ3v) is 3.69. The molecule has 0 aliphatic carbocycles. The number of halogens is 2. The molecule has 17 heavy (non-hydrogen) atoms. The molecule has 0 saturated heterocycles. The van der Waals surface area contributed by atoms with Crippen LogP contribution in [0, 0.1) is 5.82 Å². The molecule has 2 nitrogen and oxygen atoms in total. The predicted molar refractivity (Wildman–Crippen MR) is 73.4 cm³/mol. The van der Waals surface area contributed by atoms with E-state index in [9.17, 15) is 4.39 Å². The molecule has 96 valence electrons. The third kappa shape index (κ3) is 3.50. The van der Waals surface area contributed by atoms with Crippen LogP contribution in [0.1, 0.15) is 32.4 Å². The van der Waals surface area contributed by atoms with Crippen LogP contribution in [-0.4, -0.2) is 24.0 Å². The summed E-state index contributed by atoms with van der Waals surface area (Å²) in [4.78, 5) is 2.26. The van der Waals surface area contributed by atoms with E-state index in [4.69, 9.17) is 5.73 Å². The van der Waals surface area contributed by atoms with E-state index in [1.165, 1.54) is 6.07 Å². The summed E-state index contributed by atoms with van der Waals surface area (Å²) in [7, 11) is 0. The van der Waals surface area contributed by atoms with Gasteiger partial charge in [0.05, 0.1) is 0 Å². The van der Waals surface area contributed by atoms with E-state index in [0.717, 1.165) is 16.6 Å². The van der Waals surface area contributed by atoms with Crippen molar-refractivity contribution in [3.8, 4) is 0 Å². The maximum Gasteiger partial charge on any atom is 0.123 e. The van der Waals surface area contributed by atoms with Crippen LogP contribution in [0.15, 0.2) is 22.7 Å². The van der Waals surface area contributed by atoms with Gasteiger partial charge in [-0.25, -0.2) is 4.39 Å². The lowest BCUT2D eigenvalue weighted by Crippen LogP contribution is -2.38. The maximum atomic E-state index is 13.3. The van der Waals surface area contributed by atoms with Crippen LogP contribution in [0.2, 0.25) is 0 Å². The van der Waals surface area contributed by atoms with E-state index in [1.54, 1.807) is 12.1 Å². The fourth-order valence-electron chi connectivity index (χ4n) is 2.16. The van der Waals surface area contributed by atoms with Crippen LogP contribution in [-0.2, 0) is 0 Å². The van der Waals surface area contributed by atoms with Crippen molar-refractivity contribution in [3.63, 3.8) is 0 Å². The van der Waals surface area contributed by atoms with Crippen molar-refractivity contribution in [2.45, 2.75) is 32.9 Å². The van der Waals surface area contributed by atoms with E-state index in [-0.39, 0.29) is 11.9 Å². The summed E-state index contributed by atoms with van der Waals surface area (Å²) in [5.41, 5.74) is 6.77. The highest BCUT2D eigenvalue weighted by Crippen LogP contribution is 2.29. The number of hydrogen-bond acceptors (Lipinski definition) is 2.